The van der Waals surface area contributed by atoms with Gasteiger partial charge in [0.2, 0.25) is 0 Å². The van der Waals surface area contributed by atoms with Gasteiger partial charge in [-0.1, -0.05) is 51.1 Å². The lowest BCUT2D eigenvalue weighted by molar-refractivity contribution is -0.131. The van der Waals surface area contributed by atoms with E-state index in [0.717, 1.165) is 17.4 Å². The largest absolute Gasteiger partial charge is 0.496 e. The van der Waals surface area contributed by atoms with Crippen LogP contribution >= 0.6 is 0 Å². The number of benzene rings is 1. The molecule has 0 aliphatic rings. The topological polar surface area (TPSA) is 46.5 Å². The van der Waals surface area contributed by atoms with E-state index in [9.17, 15) is 4.79 Å². The molecule has 0 spiro atoms. The molecule has 0 saturated heterocycles. The minimum absolute atomic E-state index is 0.0682. The molecular formula is C16H20O3. The van der Waals surface area contributed by atoms with E-state index in [1.54, 1.807) is 13.2 Å². The summed E-state index contributed by atoms with van der Waals surface area (Å²) in [4.78, 5) is 10.3. The molecule has 1 rings (SSSR count). The van der Waals surface area contributed by atoms with Crippen molar-refractivity contribution < 1.29 is 14.6 Å². The molecule has 0 radical (unpaired) electrons. The Hall–Kier alpha value is -2.03. The number of rotatable bonds is 4. The Kier molecular flexibility index (Phi) is 4.93. The first-order valence-corrected chi connectivity index (χ1v) is 6.11. The fourth-order valence-corrected chi connectivity index (χ4v) is 1.61. The second-order valence-corrected chi connectivity index (χ2v) is 5.26. The highest BCUT2D eigenvalue weighted by Gasteiger charge is 2.15. The number of ether oxygens (including phenoxy) is 1. The van der Waals surface area contributed by atoms with Crippen LogP contribution in [0.5, 0.6) is 5.75 Å². The molecule has 0 unspecified atom stereocenters. The zero-order valence-corrected chi connectivity index (χ0v) is 11.8. The third-order valence-electron chi connectivity index (χ3n) is 2.73. The lowest BCUT2D eigenvalue weighted by Gasteiger charge is -2.20. The van der Waals surface area contributed by atoms with Gasteiger partial charge in [0.05, 0.1) is 7.11 Å². The number of hydrogen-bond acceptors (Lipinski definition) is 2. The van der Waals surface area contributed by atoms with Crippen LogP contribution in [0.4, 0.5) is 0 Å². The van der Waals surface area contributed by atoms with Gasteiger partial charge in [0.1, 0.15) is 5.75 Å². The fraction of sp³-hybridized carbons (Fsp3) is 0.312. The van der Waals surface area contributed by atoms with Gasteiger partial charge in [-0.25, -0.2) is 4.79 Å². The van der Waals surface area contributed by atoms with Gasteiger partial charge in [0.15, 0.2) is 0 Å². The van der Waals surface area contributed by atoms with Gasteiger partial charge in [-0.2, -0.15) is 0 Å². The maximum Gasteiger partial charge on any atom is 0.328 e. The van der Waals surface area contributed by atoms with Crippen LogP contribution in [0, 0.1) is 0 Å². The smallest absolute Gasteiger partial charge is 0.328 e. The highest BCUT2D eigenvalue weighted by molar-refractivity contribution is 5.80. The normalized spacial score (nSPS) is 12.2. The molecule has 19 heavy (non-hydrogen) atoms. The average molecular weight is 260 g/mol. The Balaban J connectivity index is 3.00. The molecule has 1 aromatic rings. The van der Waals surface area contributed by atoms with E-state index in [2.05, 4.69) is 26.8 Å². The van der Waals surface area contributed by atoms with Crippen molar-refractivity contribution >= 4 is 12.0 Å². The zero-order valence-electron chi connectivity index (χ0n) is 11.8. The van der Waals surface area contributed by atoms with Crippen molar-refractivity contribution in [1.82, 2.24) is 0 Å². The standard InChI is InChI=1S/C16H20O3/c1-16(2,3)13-10-9-12(14(11-13)19-4)7-5-6-8-15(17)18/h5-11H,1-4H3,(H,17,18). The van der Waals surface area contributed by atoms with Gasteiger partial charge in [-0.05, 0) is 17.0 Å². The summed E-state index contributed by atoms with van der Waals surface area (Å²) in [6.07, 6.45) is 6.08. The van der Waals surface area contributed by atoms with Gasteiger partial charge in [-0.3, -0.25) is 0 Å². The van der Waals surface area contributed by atoms with Gasteiger partial charge >= 0.3 is 5.97 Å². The SMILES string of the molecule is COc1cc(C(C)(C)C)ccc1C=CC=CC(=O)O. The summed E-state index contributed by atoms with van der Waals surface area (Å²) in [5.74, 6) is -0.174. The quantitative estimate of drug-likeness (QED) is 0.664. The number of methoxy groups -OCH3 is 1. The van der Waals surface area contributed by atoms with Crippen molar-refractivity contribution in [3.05, 3.63) is 47.6 Å². The second kappa shape index (κ2) is 6.23. The minimum Gasteiger partial charge on any atom is -0.496 e. The van der Waals surface area contributed by atoms with Gasteiger partial charge < -0.3 is 9.84 Å². The number of carboxylic acids is 1. The predicted molar refractivity (Wildman–Crippen MR) is 77.5 cm³/mol. The first-order valence-electron chi connectivity index (χ1n) is 6.11. The van der Waals surface area contributed by atoms with Crippen molar-refractivity contribution in [3.63, 3.8) is 0 Å². The van der Waals surface area contributed by atoms with E-state index in [-0.39, 0.29) is 5.41 Å². The van der Waals surface area contributed by atoms with Crippen molar-refractivity contribution in [3.8, 4) is 5.75 Å². The predicted octanol–water partition coefficient (Wildman–Crippen LogP) is 3.65. The molecule has 3 heteroatoms. The van der Waals surface area contributed by atoms with E-state index >= 15 is 0 Å². The summed E-state index contributed by atoms with van der Waals surface area (Å²) in [5, 5.41) is 8.49. The van der Waals surface area contributed by atoms with Crippen LogP contribution in [-0.4, -0.2) is 18.2 Å². The Labute approximate surface area is 114 Å². The van der Waals surface area contributed by atoms with E-state index in [0.29, 0.717) is 0 Å². The molecular weight excluding hydrogens is 240 g/mol. The van der Waals surface area contributed by atoms with E-state index < -0.39 is 5.97 Å². The van der Waals surface area contributed by atoms with Crippen LogP contribution in [0.3, 0.4) is 0 Å². The average Bonchev–Trinajstić information content (AvgIpc) is 2.33. The van der Waals surface area contributed by atoms with E-state index in [4.69, 9.17) is 9.84 Å². The molecule has 0 fully saturated rings. The molecule has 1 aromatic carbocycles. The summed E-state index contributed by atoms with van der Waals surface area (Å²) < 4.78 is 5.37. The van der Waals surface area contributed by atoms with Crippen LogP contribution in [0.25, 0.3) is 6.08 Å². The Morgan fingerprint density at radius 3 is 2.47 bits per heavy atom. The zero-order chi connectivity index (χ0) is 14.5. The third-order valence-corrected chi connectivity index (χ3v) is 2.73. The molecule has 102 valence electrons. The highest BCUT2D eigenvalue weighted by atomic mass is 16.5. The number of carbonyl (C=O) groups is 1. The molecule has 0 aromatic heterocycles. The highest BCUT2D eigenvalue weighted by Crippen LogP contribution is 2.29. The van der Waals surface area contributed by atoms with Crippen LogP contribution in [0.2, 0.25) is 0 Å². The number of carboxylic acid groups (broad SMARTS) is 1. The molecule has 1 N–H and O–H groups in total. The summed E-state index contributed by atoms with van der Waals surface area (Å²) in [6, 6.07) is 6.05. The maximum absolute atomic E-state index is 10.3. The first kappa shape index (κ1) is 15.0. The lowest BCUT2D eigenvalue weighted by Crippen LogP contribution is -2.11. The van der Waals surface area contributed by atoms with Crippen molar-refractivity contribution in [2.45, 2.75) is 26.2 Å². The molecule has 0 heterocycles. The van der Waals surface area contributed by atoms with Crippen molar-refractivity contribution in [1.29, 1.82) is 0 Å². The maximum atomic E-state index is 10.3. The monoisotopic (exact) mass is 260 g/mol. The first-order chi connectivity index (χ1) is 8.84. The van der Waals surface area contributed by atoms with E-state index in [1.165, 1.54) is 11.6 Å². The third kappa shape index (κ3) is 4.62. The van der Waals surface area contributed by atoms with Crippen molar-refractivity contribution in [2.75, 3.05) is 7.11 Å². The van der Waals surface area contributed by atoms with Gasteiger partial charge in [-0.15, -0.1) is 0 Å². The molecule has 0 saturated carbocycles. The second-order valence-electron chi connectivity index (χ2n) is 5.26. The van der Waals surface area contributed by atoms with Crippen LogP contribution < -0.4 is 4.74 Å². The fourth-order valence-electron chi connectivity index (χ4n) is 1.61. The van der Waals surface area contributed by atoms with Crippen LogP contribution in [-0.2, 0) is 10.2 Å². The van der Waals surface area contributed by atoms with Crippen LogP contribution in [0.1, 0.15) is 31.9 Å². The summed E-state index contributed by atoms with van der Waals surface area (Å²) in [7, 11) is 1.63. The van der Waals surface area contributed by atoms with Gasteiger partial charge in [0.25, 0.3) is 0 Å². The Morgan fingerprint density at radius 1 is 1.26 bits per heavy atom. The summed E-state index contributed by atoms with van der Waals surface area (Å²) in [6.45, 7) is 6.44. The Morgan fingerprint density at radius 2 is 1.95 bits per heavy atom. The molecule has 0 aliphatic heterocycles. The molecule has 0 amide bonds. The van der Waals surface area contributed by atoms with Crippen molar-refractivity contribution in [2.24, 2.45) is 0 Å². The molecule has 0 aliphatic carbocycles. The van der Waals surface area contributed by atoms with Crippen LogP contribution in [0.15, 0.2) is 36.4 Å². The summed E-state index contributed by atoms with van der Waals surface area (Å²) in [5.41, 5.74) is 2.19. The lowest BCUT2D eigenvalue weighted by atomic mass is 9.86. The number of allylic oxidation sites excluding steroid dienone is 2. The number of hydrogen-bond donors (Lipinski definition) is 1. The Bertz CT molecular complexity index is 505. The molecule has 3 nitrogen and oxygen atoms in total. The molecule has 0 bridgehead atoms. The summed E-state index contributed by atoms with van der Waals surface area (Å²) >= 11 is 0. The minimum atomic E-state index is -0.959. The van der Waals surface area contributed by atoms with E-state index in [1.807, 2.05) is 18.2 Å². The number of aliphatic carboxylic acids is 1. The van der Waals surface area contributed by atoms with Gasteiger partial charge in [0, 0.05) is 11.6 Å². The molecule has 0 atom stereocenters.